The molecule has 1 aliphatic rings. The number of carbonyl (C=O) groups is 2. The van der Waals surface area contributed by atoms with Crippen molar-refractivity contribution in [2.24, 2.45) is 5.92 Å². The molecule has 5 nitrogen and oxygen atoms in total. The van der Waals surface area contributed by atoms with Crippen LogP contribution in [0.4, 0.5) is 4.79 Å². The standard InChI is InChI=1S/C15H20N2O3/c18-14(19)11-17(10-13-6-7-13)15(20)16-9-8-12-4-2-1-3-5-12/h1-5,13H,6-11H2,(H,16,20)(H,18,19). The van der Waals surface area contributed by atoms with Crippen molar-refractivity contribution >= 4 is 12.0 Å². The Morgan fingerprint density at radius 3 is 2.55 bits per heavy atom. The van der Waals surface area contributed by atoms with Gasteiger partial charge in [0.05, 0.1) is 0 Å². The minimum absolute atomic E-state index is 0.229. The van der Waals surface area contributed by atoms with E-state index >= 15 is 0 Å². The van der Waals surface area contributed by atoms with E-state index in [1.807, 2.05) is 30.3 Å². The summed E-state index contributed by atoms with van der Waals surface area (Å²) in [6, 6.07) is 9.60. The molecule has 0 unspecified atom stereocenters. The highest BCUT2D eigenvalue weighted by atomic mass is 16.4. The van der Waals surface area contributed by atoms with Crippen LogP contribution in [0.5, 0.6) is 0 Å². The third-order valence-corrected chi connectivity index (χ3v) is 3.32. The molecule has 5 heteroatoms. The Hall–Kier alpha value is -2.04. The van der Waals surface area contributed by atoms with E-state index in [9.17, 15) is 9.59 Å². The van der Waals surface area contributed by atoms with Gasteiger partial charge in [0.25, 0.3) is 0 Å². The van der Waals surface area contributed by atoms with Crippen molar-refractivity contribution in [2.75, 3.05) is 19.6 Å². The molecule has 1 aromatic carbocycles. The Morgan fingerprint density at radius 1 is 1.25 bits per heavy atom. The minimum atomic E-state index is -0.969. The van der Waals surface area contributed by atoms with Crippen LogP contribution in [-0.2, 0) is 11.2 Å². The van der Waals surface area contributed by atoms with Gasteiger partial charge in [-0.05, 0) is 30.7 Å². The molecule has 0 aromatic heterocycles. The van der Waals surface area contributed by atoms with E-state index in [4.69, 9.17) is 5.11 Å². The number of carbonyl (C=O) groups excluding carboxylic acids is 1. The lowest BCUT2D eigenvalue weighted by molar-refractivity contribution is -0.137. The molecule has 20 heavy (non-hydrogen) atoms. The monoisotopic (exact) mass is 276 g/mol. The SMILES string of the molecule is O=C(O)CN(CC1CC1)C(=O)NCCc1ccccc1. The zero-order valence-electron chi connectivity index (χ0n) is 11.4. The van der Waals surface area contributed by atoms with Crippen molar-refractivity contribution in [3.63, 3.8) is 0 Å². The van der Waals surface area contributed by atoms with Crippen LogP contribution in [0.25, 0.3) is 0 Å². The van der Waals surface area contributed by atoms with Crippen LogP contribution >= 0.6 is 0 Å². The average molecular weight is 276 g/mol. The zero-order chi connectivity index (χ0) is 14.4. The Kier molecular flexibility index (Phi) is 4.98. The number of hydrogen-bond donors (Lipinski definition) is 2. The van der Waals surface area contributed by atoms with Crippen molar-refractivity contribution in [1.82, 2.24) is 10.2 Å². The summed E-state index contributed by atoms with van der Waals surface area (Å²) in [5, 5.41) is 11.6. The number of benzene rings is 1. The predicted octanol–water partition coefficient (Wildman–Crippen LogP) is 1.74. The fourth-order valence-electron chi connectivity index (χ4n) is 2.06. The highest BCUT2D eigenvalue weighted by Crippen LogP contribution is 2.29. The predicted molar refractivity (Wildman–Crippen MR) is 75.5 cm³/mol. The van der Waals surface area contributed by atoms with Crippen LogP contribution in [-0.4, -0.2) is 41.6 Å². The second-order valence-electron chi connectivity index (χ2n) is 5.19. The van der Waals surface area contributed by atoms with E-state index in [2.05, 4.69) is 5.32 Å². The van der Waals surface area contributed by atoms with Crippen molar-refractivity contribution < 1.29 is 14.7 Å². The topological polar surface area (TPSA) is 69.6 Å². The zero-order valence-corrected chi connectivity index (χ0v) is 11.4. The molecule has 0 spiro atoms. The fraction of sp³-hybridized carbons (Fsp3) is 0.467. The van der Waals surface area contributed by atoms with E-state index in [1.165, 1.54) is 4.90 Å². The number of carboxylic acid groups (broad SMARTS) is 1. The maximum absolute atomic E-state index is 12.0. The van der Waals surface area contributed by atoms with E-state index in [0.29, 0.717) is 19.0 Å². The van der Waals surface area contributed by atoms with Gasteiger partial charge in [0.15, 0.2) is 0 Å². The summed E-state index contributed by atoms with van der Waals surface area (Å²) in [5.74, 6) is -0.488. The molecule has 1 aliphatic carbocycles. The highest BCUT2D eigenvalue weighted by molar-refractivity contribution is 5.80. The Labute approximate surface area is 118 Å². The number of nitrogens with zero attached hydrogens (tertiary/aromatic N) is 1. The van der Waals surface area contributed by atoms with Gasteiger partial charge < -0.3 is 15.3 Å². The molecule has 1 saturated carbocycles. The van der Waals surface area contributed by atoms with Crippen molar-refractivity contribution in [2.45, 2.75) is 19.3 Å². The first-order valence-corrected chi connectivity index (χ1v) is 6.93. The second kappa shape index (κ2) is 6.93. The van der Waals surface area contributed by atoms with Gasteiger partial charge in [-0.2, -0.15) is 0 Å². The van der Waals surface area contributed by atoms with Crippen molar-refractivity contribution in [3.8, 4) is 0 Å². The fourth-order valence-corrected chi connectivity index (χ4v) is 2.06. The van der Waals surface area contributed by atoms with Gasteiger partial charge in [0, 0.05) is 13.1 Å². The maximum Gasteiger partial charge on any atom is 0.323 e. The largest absolute Gasteiger partial charge is 0.480 e. The average Bonchev–Trinajstić information content (AvgIpc) is 3.22. The number of urea groups is 1. The molecule has 2 rings (SSSR count). The van der Waals surface area contributed by atoms with Crippen LogP contribution in [0.15, 0.2) is 30.3 Å². The Morgan fingerprint density at radius 2 is 1.95 bits per heavy atom. The maximum atomic E-state index is 12.0. The van der Waals surface area contributed by atoms with Crippen LogP contribution in [0.2, 0.25) is 0 Å². The minimum Gasteiger partial charge on any atom is -0.480 e. The molecule has 2 amide bonds. The number of aliphatic carboxylic acids is 1. The van der Waals surface area contributed by atoms with Gasteiger partial charge in [-0.25, -0.2) is 4.79 Å². The first-order valence-electron chi connectivity index (χ1n) is 6.93. The van der Waals surface area contributed by atoms with Gasteiger partial charge in [0.1, 0.15) is 6.54 Å². The third kappa shape index (κ3) is 4.91. The van der Waals surface area contributed by atoms with Gasteiger partial charge in [0.2, 0.25) is 0 Å². The molecule has 2 N–H and O–H groups in total. The molecule has 0 heterocycles. The molecule has 0 bridgehead atoms. The second-order valence-corrected chi connectivity index (χ2v) is 5.19. The van der Waals surface area contributed by atoms with E-state index in [0.717, 1.165) is 24.8 Å². The van der Waals surface area contributed by atoms with Gasteiger partial charge in [-0.1, -0.05) is 30.3 Å². The summed E-state index contributed by atoms with van der Waals surface area (Å²) in [6.07, 6.45) is 2.93. The number of nitrogens with one attached hydrogen (secondary N) is 1. The lowest BCUT2D eigenvalue weighted by Gasteiger charge is -2.21. The third-order valence-electron chi connectivity index (χ3n) is 3.32. The smallest absolute Gasteiger partial charge is 0.323 e. The van der Waals surface area contributed by atoms with E-state index in [1.54, 1.807) is 0 Å². The summed E-state index contributed by atoms with van der Waals surface area (Å²) in [6.45, 7) is 0.834. The quantitative estimate of drug-likeness (QED) is 0.797. The molecular formula is C15H20N2O3. The number of hydrogen-bond acceptors (Lipinski definition) is 2. The molecule has 0 saturated heterocycles. The van der Waals surface area contributed by atoms with Crippen LogP contribution in [0.3, 0.4) is 0 Å². The summed E-state index contributed by atoms with van der Waals surface area (Å²) >= 11 is 0. The summed E-state index contributed by atoms with van der Waals surface area (Å²) < 4.78 is 0. The van der Waals surface area contributed by atoms with Crippen LogP contribution < -0.4 is 5.32 Å². The van der Waals surface area contributed by atoms with E-state index in [-0.39, 0.29) is 12.6 Å². The lowest BCUT2D eigenvalue weighted by Crippen LogP contribution is -2.44. The first kappa shape index (κ1) is 14.4. The first-order chi connectivity index (χ1) is 9.65. The lowest BCUT2D eigenvalue weighted by atomic mass is 10.1. The summed E-state index contributed by atoms with van der Waals surface area (Å²) in [4.78, 5) is 24.2. The normalized spacial score (nSPS) is 13.8. The molecule has 108 valence electrons. The molecule has 1 aromatic rings. The van der Waals surface area contributed by atoms with Crippen LogP contribution in [0.1, 0.15) is 18.4 Å². The summed E-state index contributed by atoms with van der Waals surface area (Å²) in [7, 11) is 0. The van der Waals surface area contributed by atoms with Gasteiger partial charge >= 0.3 is 12.0 Å². The summed E-state index contributed by atoms with van der Waals surface area (Å²) in [5.41, 5.74) is 1.15. The Bertz CT molecular complexity index is 457. The van der Waals surface area contributed by atoms with Crippen molar-refractivity contribution in [1.29, 1.82) is 0 Å². The molecule has 0 atom stereocenters. The highest BCUT2D eigenvalue weighted by Gasteiger charge is 2.27. The van der Waals surface area contributed by atoms with Crippen molar-refractivity contribution in [3.05, 3.63) is 35.9 Å². The van der Waals surface area contributed by atoms with Crippen LogP contribution in [0, 0.1) is 5.92 Å². The number of carboxylic acids is 1. The van der Waals surface area contributed by atoms with Gasteiger partial charge in [-0.15, -0.1) is 0 Å². The molecule has 0 radical (unpaired) electrons. The van der Waals surface area contributed by atoms with Gasteiger partial charge in [-0.3, -0.25) is 4.79 Å². The molecule has 0 aliphatic heterocycles. The molecular weight excluding hydrogens is 256 g/mol. The Balaban J connectivity index is 1.76. The number of amides is 2. The number of rotatable bonds is 7. The molecule has 1 fully saturated rings. The van der Waals surface area contributed by atoms with E-state index < -0.39 is 5.97 Å².